The minimum Gasteiger partial charge on any atom is -0.374 e. The van der Waals surface area contributed by atoms with Crippen molar-refractivity contribution in [2.75, 3.05) is 18.5 Å². The van der Waals surface area contributed by atoms with Gasteiger partial charge in [0.15, 0.2) is 0 Å². The maximum atomic E-state index is 5.90. The van der Waals surface area contributed by atoms with Crippen molar-refractivity contribution in [3.05, 3.63) is 29.3 Å². The molecule has 0 aromatic heterocycles. The van der Waals surface area contributed by atoms with E-state index in [4.69, 9.17) is 11.6 Å². The van der Waals surface area contributed by atoms with Gasteiger partial charge in [-0.15, -0.1) is 11.6 Å². The Morgan fingerprint density at radius 1 is 1.26 bits per heavy atom. The van der Waals surface area contributed by atoms with Gasteiger partial charge < -0.3 is 4.90 Å². The SMILES string of the molecule is Cc1cc(CCl)ccc1N(C)CC1CC2CCC1C2. The molecular weight excluding hydrogens is 254 g/mol. The first-order valence-electron chi connectivity index (χ1n) is 7.54. The summed E-state index contributed by atoms with van der Waals surface area (Å²) in [6, 6.07) is 6.62. The molecule has 2 heteroatoms. The van der Waals surface area contributed by atoms with Gasteiger partial charge in [0.25, 0.3) is 0 Å². The van der Waals surface area contributed by atoms with Crippen molar-refractivity contribution in [3.63, 3.8) is 0 Å². The molecule has 2 fully saturated rings. The molecule has 0 N–H and O–H groups in total. The second kappa shape index (κ2) is 5.36. The third-order valence-corrected chi connectivity index (χ3v) is 5.53. The van der Waals surface area contributed by atoms with E-state index in [1.54, 1.807) is 0 Å². The Labute approximate surface area is 121 Å². The van der Waals surface area contributed by atoms with Gasteiger partial charge in [0.05, 0.1) is 0 Å². The first-order valence-corrected chi connectivity index (χ1v) is 8.07. The van der Waals surface area contributed by atoms with Crippen molar-refractivity contribution in [2.45, 2.75) is 38.5 Å². The first-order chi connectivity index (χ1) is 9.17. The van der Waals surface area contributed by atoms with Crippen LogP contribution in [0.5, 0.6) is 0 Å². The van der Waals surface area contributed by atoms with Gasteiger partial charge in [0, 0.05) is 25.2 Å². The van der Waals surface area contributed by atoms with Crippen molar-refractivity contribution >= 4 is 17.3 Å². The Balaban J connectivity index is 1.68. The number of fused-ring (bicyclic) bond motifs is 2. The molecule has 2 aliphatic rings. The van der Waals surface area contributed by atoms with Crippen molar-refractivity contribution < 1.29 is 0 Å². The van der Waals surface area contributed by atoms with Gasteiger partial charge in [-0.05, 0) is 61.1 Å². The Morgan fingerprint density at radius 3 is 2.68 bits per heavy atom. The highest BCUT2D eigenvalue weighted by atomic mass is 35.5. The van der Waals surface area contributed by atoms with E-state index in [1.807, 2.05) is 0 Å². The third-order valence-electron chi connectivity index (χ3n) is 5.22. The topological polar surface area (TPSA) is 3.24 Å². The van der Waals surface area contributed by atoms with E-state index in [0.29, 0.717) is 5.88 Å². The van der Waals surface area contributed by atoms with Crippen LogP contribution in [0.1, 0.15) is 36.8 Å². The number of anilines is 1. The minimum absolute atomic E-state index is 0.608. The molecule has 0 amide bonds. The molecule has 0 radical (unpaired) electrons. The molecule has 0 spiro atoms. The maximum absolute atomic E-state index is 5.90. The van der Waals surface area contributed by atoms with Gasteiger partial charge in [-0.25, -0.2) is 0 Å². The zero-order valence-corrected chi connectivity index (χ0v) is 12.8. The van der Waals surface area contributed by atoms with Crippen LogP contribution < -0.4 is 4.90 Å². The molecule has 3 rings (SSSR count). The Kier molecular flexibility index (Phi) is 3.75. The molecule has 0 heterocycles. The monoisotopic (exact) mass is 277 g/mol. The van der Waals surface area contributed by atoms with Crippen molar-refractivity contribution in [3.8, 4) is 0 Å². The van der Waals surface area contributed by atoms with Crippen molar-refractivity contribution in [1.29, 1.82) is 0 Å². The van der Waals surface area contributed by atoms with Gasteiger partial charge in [0.1, 0.15) is 0 Å². The average molecular weight is 278 g/mol. The standard InChI is InChI=1S/C17H24ClN/c1-12-7-14(10-18)4-6-17(12)19(2)11-16-9-13-3-5-15(16)8-13/h4,6-7,13,15-16H,3,5,8-11H2,1-2H3. The zero-order chi connectivity index (χ0) is 13.4. The lowest BCUT2D eigenvalue weighted by molar-refractivity contribution is 0.337. The number of hydrogen-bond donors (Lipinski definition) is 0. The summed E-state index contributed by atoms with van der Waals surface area (Å²) in [5, 5.41) is 0. The predicted molar refractivity (Wildman–Crippen MR) is 82.9 cm³/mol. The largest absolute Gasteiger partial charge is 0.374 e. The highest BCUT2D eigenvalue weighted by molar-refractivity contribution is 6.17. The smallest absolute Gasteiger partial charge is 0.0474 e. The van der Waals surface area contributed by atoms with Crippen LogP contribution >= 0.6 is 11.6 Å². The number of rotatable bonds is 4. The summed E-state index contributed by atoms with van der Waals surface area (Å²) < 4.78 is 0. The number of hydrogen-bond acceptors (Lipinski definition) is 1. The second-order valence-electron chi connectivity index (χ2n) is 6.57. The summed E-state index contributed by atoms with van der Waals surface area (Å²) in [6.45, 7) is 3.42. The van der Waals surface area contributed by atoms with Crippen LogP contribution in [0.2, 0.25) is 0 Å². The molecule has 1 nitrogen and oxygen atoms in total. The van der Waals surface area contributed by atoms with Crippen LogP contribution in [0.4, 0.5) is 5.69 Å². The van der Waals surface area contributed by atoms with Gasteiger partial charge in [0.2, 0.25) is 0 Å². The molecular formula is C17H24ClN. The molecule has 104 valence electrons. The number of alkyl halides is 1. The molecule has 3 unspecified atom stereocenters. The van der Waals surface area contributed by atoms with E-state index in [2.05, 4.69) is 37.1 Å². The highest BCUT2D eigenvalue weighted by Crippen LogP contribution is 2.48. The lowest BCUT2D eigenvalue weighted by Gasteiger charge is -2.29. The minimum atomic E-state index is 0.608. The Bertz CT molecular complexity index is 457. The van der Waals surface area contributed by atoms with E-state index < -0.39 is 0 Å². The summed E-state index contributed by atoms with van der Waals surface area (Å²) in [6.07, 6.45) is 5.94. The number of halogens is 1. The number of benzene rings is 1. The van der Waals surface area contributed by atoms with Gasteiger partial charge in [-0.3, -0.25) is 0 Å². The van der Waals surface area contributed by atoms with E-state index in [0.717, 1.165) is 17.8 Å². The Hall–Kier alpha value is -0.690. The third kappa shape index (κ3) is 2.63. The predicted octanol–water partition coefficient (Wildman–Crippen LogP) is 4.61. The van der Waals surface area contributed by atoms with E-state index >= 15 is 0 Å². The fourth-order valence-electron chi connectivity index (χ4n) is 4.28. The summed E-state index contributed by atoms with van der Waals surface area (Å²) in [5.74, 6) is 3.59. The molecule has 2 saturated carbocycles. The van der Waals surface area contributed by atoms with Crippen LogP contribution in [0.15, 0.2) is 18.2 Å². The lowest BCUT2D eigenvalue weighted by atomic mass is 9.88. The fraction of sp³-hybridized carbons (Fsp3) is 0.647. The summed E-state index contributed by atoms with van der Waals surface area (Å²) >= 11 is 5.90. The van der Waals surface area contributed by atoms with Crippen molar-refractivity contribution in [2.24, 2.45) is 17.8 Å². The fourth-order valence-corrected chi connectivity index (χ4v) is 4.45. The number of aryl methyl sites for hydroxylation is 1. The zero-order valence-electron chi connectivity index (χ0n) is 12.0. The van der Waals surface area contributed by atoms with Gasteiger partial charge >= 0.3 is 0 Å². The average Bonchev–Trinajstić information content (AvgIpc) is 3.00. The lowest BCUT2D eigenvalue weighted by Crippen LogP contribution is -2.29. The highest BCUT2D eigenvalue weighted by Gasteiger charge is 2.39. The molecule has 0 aliphatic heterocycles. The van der Waals surface area contributed by atoms with Crippen LogP contribution in [0.3, 0.4) is 0 Å². The molecule has 1 aromatic rings. The second-order valence-corrected chi connectivity index (χ2v) is 6.84. The number of nitrogens with zero attached hydrogens (tertiary/aromatic N) is 1. The molecule has 0 saturated heterocycles. The van der Waals surface area contributed by atoms with E-state index in [-0.39, 0.29) is 0 Å². The maximum Gasteiger partial charge on any atom is 0.0474 e. The van der Waals surface area contributed by atoms with Crippen LogP contribution in [-0.2, 0) is 5.88 Å². The van der Waals surface area contributed by atoms with Crippen molar-refractivity contribution in [1.82, 2.24) is 0 Å². The summed E-state index contributed by atoms with van der Waals surface area (Å²) in [5.41, 5.74) is 3.94. The Morgan fingerprint density at radius 2 is 2.11 bits per heavy atom. The van der Waals surface area contributed by atoms with Crippen LogP contribution in [0.25, 0.3) is 0 Å². The summed E-state index contributed by atoms with van der Waals surface area (Å²) in [4.78, 5) is 2.46. The van der Waals surface area contributed by atoms with Crippen LogP contribution in [-0.4, -0.2) is 13.6 Å². The quantitative estimate of drug-likeness (QED) is 0.727. The summed E-state index contributed by atoms with van der Waals surface area (Å²) in [7, 11) is 2.24. The normalized spacial score (nSPS) is 28.9. The first kappa shape index (κ1) is 13.3. The molecule has 1 aromatic carbocycles. The molecule has 2 aliphatic carbocycles. The molecule has 2 bridgehead atoms. The van der Waals surface area contributed by atoms with Gasteiger partial charge in [-0.1, -0.05) is 18.6 Å². The van der Waals surface area contributed by atoms with E-state index in [1.165, 1.54) is 49.0 Å². The molecule has 3 atom stereocenters. The van der Waals surface area contributed by atoms with Crippen LogP contribution in [0, 0.1) is 24.7 Å². The van der Waals surface area contributed by atoms with E-state index in [9.17, 15) is 0 Å². The molecule has 19 heavy (non-hydrogen) atoms. The van der Waals surface area contributed by atoms with Gasteiger partial charge in [-0.2, -0.15) is 0 Å².